The largest absolute Gasteiger partial charge is 0.424 e. The predicted molar refractivity (Wildman–Crippen MR) is 122 cm³/mol. The minimum Gasteiger partial charge on any atom is -0.382 e. The SMILES string of the molecule is CCNC(=NCCC(O)(c1nccn1C)C(F)(F)F)N1CCC(COCCOC)C1.I. The van der Waals surface area contributed by atoms with Crippen molar-refractivity contribution in [1.82, 2.24) is 19.8 Å². The van der Waals surface area contributed by atoms with Gasteiger partial charge in [0, 0.05) is 65.1 Å². The highest BCUT2D eigenvalue weighted by molar-refractivity contribution is 14.0. The van der Waals surface area contributed by atoms with Gasteiger partial charge in [0.15, 0.2) is 5.96 Å². The lowest BCUT2D eigenvalue weighted by Crippen LogP contribution is -2.45. The van der Waals surface area contributed by atoms with Crippen molar-refractivity contribution in [2.45, 2.75) is 31.5 Å². The van der Waals surface area contributed by atoms with E-state index in [1.165, 1.54) is 24.0 Å². The third-order valence-corrected chi connectivity index (χ3v) is 5.10. The fourth-order valence-corrected chi connectivity index (χ4v) is 3.45. The number of aromatic nitrogens is 2. The Hall–Kier alpha value is -1.12. The fourth-order valence-electron chi connectivity index (χ4n) is 3.45. The maximum absolute atomic E-state index is 13.6. The van der Waals surface area contributed by atoms with Crippen molar-refractivity contribution in [3.8, 4) is 0 Å². The average molecular weight is 563 g/mol. The first kappa shape index (κ1) is 27.9. The van der Waals surface area contributed by atoms with Gasteiger partial charge in [0.05, 0.1) is 19.8 Å². The number of likely N-dealkylation sites (tertiary alicyclic amines) is 1. The molecule has 1 aromatic heterocycles. The Morgan fingerprint density at radius 1 is 1.39 bits per heavy atom. The lowest BCUT2D eigenvalue weighted by molar-refractivity contribution is -0.272. The molecule has 0 radical (unpaired) electrons. The molecule has 0 aromatic carbocycles. The zero-order valence-electron chi connectivity index (χ0n) is 18.2. The van der Waals surface area contributed by atoms with Gasteiger partial charge in [-0.25, -0.2) is 4.98 Å². The Morgan fingerprint density at radius 3 is 2.71 bits per heavy atom. The smallest absolute Gasteiger partial charge is 0.382 e. The van der Waals surface area contributed by atoms with E-state index in [0.29, 0.717) is 44.8 Å². The van der Waals surface area contributed by atoms with Gasteiger partial charge in [-0.15, -0.1) is 24.0 Å². The summed E-state index contributed by atoms with van der Waals surface area (Å²) in [6, 6.07) is 0. The van der Waals surface area contributed by atoms with Crippen molar-refractivity contribution in [3.63, 3.8) is 0 Å². The van der Waals surface area contributed by atoms with Crippen molar-refractivity contribution >= 4 is 29.9 Å². The highest BCUT2D eigenvalue weighted by atomic mass is 127. The van der Waals surface area contributed by atoms with Gasteiger partial charge in [0.1, 0.15) is 5.82 Å². The predicted octanol–water partition coefficient (Wildman–Crippen LogP) is 2.13. The quantitative estimate of drug-likeness (QED) is 0.197. The van der Waals surface area contributed by atoms with E-state index in [0.717, 1.165) is 13.0 Å². The summed E-state index contributed by atoms with van der Waals surface area (Å²) in [4.78, 5) is 10.1. The number of halogens is 4. The average Bonchev–Trinajstić information content (AvgIpc) is 3.33. The van der Waals surface area contributed by atoms with E-state index in [1.54, 1.807) is 7.11 Å². The molecule has 12 heteroatoms. The van der Waals surface area contributed by atoms with Gasteiger partial charge in [0.25, 0.3) is 0 Å². The normalized spacial score (nSPS) is 19.3. The Labute approximate surface area is 198 Å². The molecular weight excluding hydrogens is 530 g/mol. The zero-order valence-corrected chi connectivity index (χ0v) is 20.5. The van der Waals surface area contributed by atoms with E-state index in [9.17, 15) is 18.3 Å². The summed E-state index contributed by atoms with van der Waals surface area (Å²) in [5.41, 5.74) is -3.06. The molecule has 0 saturated carbocycles. The summed E-state index contributed by atoms with van der Waals surface area (Å²) < 4.78 is 52.7. The summed E-state index contributed by atoms with van der Waals surface area (Å²) >= 11 is 0. The van der Waals surface area contributed by atoms with Gasteiger partial charge in [-0.3, -0.25) is 4.99 Å². The number of alkyl halides is 3. The molecule has 8 nitrogen and oxygen atoms in total. The molecule has 1 aromatic rings. The first-order valence-electron chi connectivity index (χ1n) is 10.1. The molecule has 0 amide bonds. The molecule has 2 unspecified atom stereocenters. The third-order valence-electron chi connectivity index (χ3n) is 5.10. The second-order valence-corrected chi connectivity index (χ2v) is 7.37. The molecule has 31 heavy (non-hydrogen) atoms. The summed E-state index contributed by atoms with van der Waals surface area (Å²) in [5, 5.41) is 13.6. The first-order valence-corrected chi connectivity index (χ1v) is 10.1. The van der Waals surface area contributed by atoms with Crippen LogP contribution >= 0.6 is 24.0 Å². The summed E-state index contributed by atoms with van der Waals surface area (Å²) in [6.07, 6.45) is -1.96. The molecule has 180 valence electrons. The maximum atomic E-state index is 13.6. The number of imidazole rings is 1. The van der Waals surface area contributed by atoms with Crippen molar-refractivity contribution in [3.05, 3.63) is 18.2 Å². The molecule has 0 aliphatic carbocycles. The van der Waals surface area contributed by atoms with E-state index >= 15 is 0 Å². The lowest BCUT2D eigenvalue weighted by Gasteiger charge is -2.29. The number of ether oxygens (including phenoxy) is 2. The van der Waals surface area contributed by atoms with Crippen LogP contribution in [0.4, 0.5) is 13.2 Å². The number of hydrogen-bond acceptors (Lipinski definition) is 5. The van der Waals surface area contributed by atoms with E-state index in [4.69, 9.17) is 9.47 Å². The summed E-state index contributed by atoms with van der Waals surface area (Å²) in [7, 11) is 3.04. The molecule has 0 spiro atoms. The summed E-state index contributed by atoms with van der Waals surface area (Å²) in [6.45, 7) is 5.42. The van der Waals surface area contributed by atoms with Crippen molar-refractivity contribution in [2.75, 3.05) is 53.1 Å². The monoisotopic (exact) mass is 563 g/mol. The molecule has 1 fully saturated rings. The van der Waals surface area contributed by atoms with Crippen LogP contribution in [-0.2, 0) is 22.1 Å². The van der Waals surface area contributed by atoms with Crippen LogP contribution in [0, 0.1) is 5.92 Å². The minimum atomic E-state index is -4.86. The van der Waals surface area contributed by atoms with Crippen LogP contribution in [0.2, 0.25) is 0 Å². The van der Waals surface area contributed by atoms with Crippen LogP contribution in [0.5, 0.6) is 0 Å². The number of rotatable bonds is 10. The van der Waals surface area contributed by atoms with Crippen LogP contribution in [-0.4, -0.2) is 84.8 Å². The Kier molecular flexibility index (Phi) is 11.5. The molecule has 0 bridgehead atoms. The highest BCUT2D eigenvalue weighted by Gasteiger charge is 2.57. The number of nitrogens with zero attached hydrogens (tertiary/aromatic N) is 4. The Morgan fingerprint density at radius 2 is 2.13 bits per heavy atom. The molecular formula is C19H33F3IN5O3. The van der Waals surface area contributed by atoms with Crippen LogP contribution in [0.3, 0.4) is 0 Å². The van der Waals surface area contributed by atoms with Gasteiger partial charge in [-0.1, -0.05) is 0 Å². The summed E-state index contributed by atoms with van der Waals surface area (Å²) in [5.74, 6) is 0.427. The van der Waals surface area contributed by atoms with E-state index in [-0.39, 0.29) is 30.5 Å². The molecule has 2 N–H and O–H groups in total. The molecule has 2 heterocycles. The molecule has 1 saturated heterocycles. The zero-order chi connectivity index (χ0) is 22.2. The number of hydrogen-bond donors (Lipinski definition) is 2. The molecule has 1 aliphatic heterocycles. The lowest BCUT2D eigenvalue weighted by atomic mass is 9.98. The number of methoxy groups -OCH3 is 1. The van der Waals surface area contributed by atoms with Crippen LogP contribution in [0.1, 0.15) is 25.6 Å². The van der Waals surface area contributed by atoms with Gasteiger partial charge >= 0.3 is 6.18 Å². The van der Waals surface area contributed by atoms with Gasteiger partial charge < -0.3 is 29.4 Å². The topological polar surface area (TPSA) is 84.1 Å². The minimum absolute atomic E-state index is 0. The second kappa shape index (κ2) is 12.8. The van der Waals surface area contributed by atoms with Gasteiger partial charge in [-0.2, -0.15) is 13.2 Å². The Balaban J connectivity index is 0.00000480. The number of aryl methyl sites for hydroxylation is 1. The molecule has 2 atom stereocenters. The number of guanidine groups is 1. The van der Waals surface area contributed by atoms with Gasteiger partial charge in [0.2, 0.25) is 5.60 Å². The van der Waals surface area contributed by atoms with E-state index in [1.807, 2.05) is 11.8 Å². The van der Waals surface area contributed by atoms with Crippen molar-refractivity contribution in [1.29, 1.82) is 0 Å². The van der Waals surface area contributed by atoms with Crippen molar-refractivity contribution < 1.29 is 27.8 Å². The first-order chi connectivity index (χ1) is 14.2. The van der Waals surface area contributed by atoms with Crippen LogP contribution in [0.25, 0.3) is 0 Å². The van der Waals surface area contributed by atoms with Crippen LogP contribution in [0.15, 0.2) is 17.4 Å². The number of aliphatic hydroxyl groups is 1. The fraction of sp³-hybridized carbons (Fsp3) is 0.789. The van der Waals surface area contributed by atoms with Gasteiger partial charge in [-0.05, 0) is 13.3 Å². The van der Waals surface area contributed by atoms with Crippen molar-refractivity contribution in [2.24, 2.45) is 18.0 Å². The number of nitrogens with one attached hydrogen (secondary N) is 1. The number of aliphatic imine (C=N–C) groups is 1. The molecule has 1 aliphatic rings. The standard InChI is InChI=1S/C19H32F3N5O3.HI/c1-4-23-17(27-9-5-15(13-27)14-30-12-11-29-3)25-7-6-18(28,19(20,21)22)16-24-8-10-26(16)2;/h8,10,15,28H,4-7,9,11-14H2,1-3H3,(H,23,25);1H. The van der Waals surface area contributed by atoms with Crippen LogP contribution < -0.4 is 5.32 Å². The maximum Gasteiger partial charge on any atom is 0.424 e. The van der Waals surface area contributed by atoms with E-state index in [2.05, 4.69) is 15.3 Å². The second-order valence-electron chi connectivity index (χ2n) is 7.37. The highest BCUT2D eigenvalue weighted by Crippen LogP contribution is 2.40. The third kappa shape index (κ3) is 7.46. The Bertz CT molecular complexity index is 689. The van der Waals surface area contributed by atoms with E-state index < -0.39 is 24.0 Å². The molecule has 2 rings (SSSR count).